The van der Waals surface area contributed by atoms with Gasteiger partial charge in [-0.1, -0.05) is 0 Å². The number of anilines is 1. The molecule has 2 aromatic carbocycles. The number of benzene rings is 2. The first-order valence-corrected chi connectivity index (χ1v) is 12.0. The molecule has 0 fully saturated rings. The number of H-pyrrole nitrogens is 1. The number of methoxy groups -OCH3 is 1. The maximum Gasteiger partial charge on any atom is 0.350 e. The fourth-order valence-electron chi connectivity index (χ4n) is 3.44. The van der Waals surface area contributed by atoms with Gasteiger partial charge in [-0.05, 0) is 48.0 Å². The summed E-state index contributed by atoms with van der Waals surface area (Å²) in [4.78, 5) is 32.7. The van der Waals surface area contributed by atoms with Gasteiger partial charge in [-0.2, -0.15) is 0 Å². The number of aliphatic carboxylic acids is 1. The van der Waals surface area contributed by atoms with E-state index in [1.54, 1.807) is 48.5 Å². The standard InChI is InChI=1S/C24H25FN8O3.C2H4O2/c1-35-18-12-16(13-19(14-18)36-11-2-8-25)20(30-17-6-4-15(5-7-17)21(26)27)22-31-24(34)33(32-22)23-28-9-3-10-29-23;1-2(3)4/h3-7,9-10,12-14,20,30H,2,8,11H2,1H3,(H3,26,27)(H,31,32,34);1H3,(H,3,4). The van der Waals surface area contributed by atoms with Crippen molar-refractivity contribution in [2.24, 2.45) is 5.73 Å². The number of ether oxygens (including phenoxy) is 2. The lowest BCUT2D eigenvalue weighted by Crippen LogP contribution is -2.18. The van der Waals surface area contributed by atoms with Gasteiger partial charge in [-0.3, -0.25) is 19.6 Å². The number of carboxylic acids is 1. The van der Waals surface area contributed by atoms with Crippen LogP contribution < -0.4 is 26.2 Å². The summed E-state index contributed by atoms with van der Waals surface area (Å²) in [7, 11) is 1.52. The van der Waals surface area contributed by atoms with Crippen LogP contribution in [0.3, 0.4) is 0 Å². The topological polar surface area (TPSA) is 194 Å². The van der Waals surface area contributed by atoms with E-state index in [2.05, 4.69) is 25.4 Å². The number of hydrogen-bond acceptors (Lipinski definition) is 9. The van der Waals surface area contributed by atoms with Gasteiger partial charge in [0, 0.05) is 43.1 Å². The number of halogens is 1. The largest absolute Gasteiger partial charge is 0.497 e. The molecule has 0 saturated heterocycles. The Morgan fingerprint density at radius 3 is 2.45 bits per heavy atom. The van der Waals surface area contributed by atoms with Crippen molar-refractivity contribution in [1.29, 1.82) is 5.41 Å². The zero-order valence-electron chi connectivity index (χ0n) is 21.8. The third kappa shape index (κ3) is 8.11. The molecule has 0 bridgehead atoms. The van der Waals surface area contributed by atoms with Crippen molar-refractivity contribution < 1.29 is 23.8 Å². The summed E-state index contributed by atoms with van der Waals surface area (Å²) in [5.41, 5.74) is 6.96. The van der Waals surface area contributed by atoms with Gasteiger partial charge in [0.1, 0.15) is 23.4 Å². The van der Waals surface area contributed by atoms with E-state index < -0.39 is 24.4 Å². The summed E-state index contributed by atoms with van der Waals surface area (Å²) in [5.74, 6) is 0.507. The zero-order valence-corrected chi connectivity index (χ0v) is 21.8. The third-order valence-electron chi connectivity index (χ3n) is 5.18. The molecule has 0 aliphatic carbocycles. The molecule has 2 heterocycles. The van der Waals surface area contributed by atoms with E-state index in [-0.39, 0.29) is 30.6 Å². The van der Waals surface area contributed by atoms with Crippen LogP contribution in [0, 0.1) is 5.41 Å². The highest BCUT2D eigenvalue weighted by molar-refractivity contribution is 5.95. The summed E-state index contributed by atoms with van der Waals surface area (Å²) in [5, 5.41) is 22.8. The molecule has 1 atom stereocenters. The van der Waals surface area contributed by atoms with E-state index in [4.69, 9.17) is 30.5 Å². The quantitative estimate of drug-likeness (QED) is 0.105. The molecule has 4 rings (SSSR count). The number of alkyl halides is 1. The predicted octanol–water partition coefficient (Wildman–Crippen LogP) is 2.67. The molecule has 40 heavy (non-hydrogen) atoms. The summed E-state index contributed by atoms with van der Waals surface area (Å²) in [6, 6.07) is 13.1. The predicted molar refractivity (Wildman–Crippen MR) is 145 cm³/mol. The number of nitrogens with zero attached hydrogens (tertiary/aromatic N) is 4. The number of aromatic amines is 1. The van der Waals surface area contributed by atoms with Gasteiger partial charge >= 0.3 is 5.69 Å². The van der Waals surface area contributed by atoms with Crippen molar-refractivity contribution in [3.63, 3.8) is 0 Å². The summed E-state index contributed by atoms with van der Waals surface area (Å²) in [6.45, 7) is 0.794. The van der Waals surface area contributed by atoms with Crippen LogP contribution in [0.15, 0.2) is 65.7 Å². The van der Waals surface area contributed by atoms with Crippen LogP contribution in [0.25, 0.3) is 5.95 Å². The van der Waals surface area contributed by atoms with Crippen LogP contribution in [0.5, 0.6) is 11.5 Å². The van der Waals surface area contributed by atoms with E-state index in [0.717, 1.165) is 11.6 Å². The first-order valence-electron chi connectivity index (χ1n) is 12.0. The maximum atomic E-state index is 12.7. The van der Waals surface area contributed by atoms with Crippen LogP contribution >= 0.6 is 0 Å². The van der Waals surface area contributed by atoms with Gasteiger partial charge in [-0.25, -0.2) is 14.8 Å². The van der Waals surface area contributed by atoms with Gasteiger partial charge < -0.3 is 25.6 Å². The van der Waals surface area contributed by atoms with Gasteiger partial charge in [-0.15, -0.1) is 9.78 Å². The first kappa shape index (κ1) is 29.3. The van der Waals surface area contributed by atoms with Crippen molar-refractivity contribution in [1.82, 2.24) is 24.7 Å². The molecule has 14 heteroatoms. The number of rotatable bonds is 11. The minimum atomic E-state index is -0.833. The van der Waals surface area contributed by atoms with Crippen molar-refractivity contribution in [3.8, 4) is 17.4 Å². The average molecular weight is 553 g/mol. The van der Waals surface area contributed by atoms with Crippen molar-refractivity contribution in [3.05, 3.63) is 88.4 Å². The first-order chi connectivity index (χ1) is 19.2. The van der Waals surface area contributed by atoms with E-state index in [0.29, 0.717) is 28.3 Å². The number of hydrogen-bond donors (Lipinski definition) is 5. The van der Waals surface area contributed by atoms with Crippen LogP contribution in [-0.4, -0.2) is 62.0 Å². The molecular formula is C26H29FN8O5. The van der Waals surface area contributed by atoms with E-state index in [1.807, 2.05) is 0 Å². The zero-order chi connectivity index (χ0) is 29.1. The number of nitrogen functional groups attached to an aromatic ring is 1. The monoisotopic (exact) mass is 552 g/mol. The molecule has 0 amide bonds. The van der Waals surface area contributed by atoms with Crippen molar-refractivity contribution in [2.45, 2.75) is 19.4 Å². The highest BCUT2D eigenvalue weighted by Gasteiger charge is 2.22. The fraction of sp³-hybridized carbons (Fsp3) is 0.231. The Morgan fingerprint density at radius 2 is 1.85 bits per heavy atom. The summed E-state index contributed by atoms with van der Waals surface area (Å²) in [6.07, 6.45) is 3.28. The number of carbonyl (C=O) groups is 1. The van der Waals surface area contributed by atoms with Crippen molar-refractivity contribution in [2.75, 3.05) is 25.7 Å². The summed E-state index contributed by atoms with van der Waals surface area (Å²) >= 11 is 0. The normalized spacial score (nSPS) is 11.1. The Morgan fingerprint density at radius 1 is 1.20 bits per heavy atom. The molecule has 13 nitrogen and oxygen atoms in total. The second kappa shape index (κ2) is 14.0. The second-order valence-corrected chi connectivity index (χ2v) is 8.20. The van der Waals surface area contributed by atoms with Gasteiger partial charge in [0.15, 0.2) is 5.82 Å². The Bertz CT molecular complexity index is 1470. The van der Waals surface area contributed by atoms with Crippen LogP contribution in [0.1, 0.15) is 36.3 Å². The van der Waals surface area contributed by atoms with E-state index in [9.17, 15) is 9.18 Å². The van der Waals surface area contributed by atoms with Gasteiger partial charge in [0.05, 0.1) is 20.4 Å². The van der Waals surface area contributed by atoms with E-state index in [1.165, 1.54) is 19.5 Å². The molecule has 0 aliphatic rings. The Balaban J connectivity index is 0.00000103. The number of carboxylic acid groups (broad SMARTS) is 1. The fourth-order valence-corrected chi connectivity index (χ4v) is 3.44. The molecule has 6 N–H and O–H groups in total. The lowest BCUT2D eigenvalue weighted by atomic mass is 10.0. The Labute approximate surface area is 228 Å². The molecular weight excluding hydrogens is 523 g/mol. The highest BCUT2D eigenvalue weighted by atomic mass is 19.1. The van der Waals surface area contributed by atoms with Crippen molar-refractivity contribution >= 4 is 17.5 Å². The number of amidine groups is 1. The Kier molecular flexibility index (Phi) is 10.3. The molecule has 1 unspecified atom stereocenters. The third-order valence-corrected chi connectivity index (χ3v) is 5.18. The minimum Gasteiger partial charge on any atom is -0.497 e. The van der Waals surface area contributed by atoms with Crippen LogP contribution in [0.4, 0.5) is 10.1 Å². The lowest BCUT2D eigenvalue weighted by Gasteiger charge is -2.20. The Hall–Kier alpha value is -5.27. The number of nitrogens with two attached hydrogens (primary N) is 1. The highest BCUT2D eigenvalue weighted by Crippen LogP contribution is 2.31. The smallest absolute Gasteiger partial charge is 0.350 e. The minimum absolute atomic E-state index is 0.0492. The molecule has 0 aliphatic heterocycles. The van der Waals surface area contributed by atoms with Gasteiger partial charge in [0.25, 0.3) is 11.9 Å². The average Bonchev–Trinajstić information content (AvgIpc) is 3.33. The van der Waals surface area contributed by atoms with E-state index >= 15 is 0 Å². The van der Waals surface area contributed by atoms with Crippen LogP contribution in [0.2, 0.25) is 0 Å². The molecule has 0 saturated carbocycles. The van der Waals surface area contributed by atoms with Crippen LogP contribution in [-0.2, 0) is 4.79 Å². The molecule has 0 spiro atoms. The van der Waals surface area contributed by atoms with Gasteiger partial charge in [0.2, 0.25) is 0 Å². The number of nitrogens with one attached hydrogen (secondary N) is 3. The number of aromatic nitrogens is 5. The summed E-state index contributed by atoms with van der Waals surface area (Å²) < 4.78 is 24.8. The maximum absolute atomic E-state index is 12.7. The molecule has 4 aromatic rings. The molecule has 0 radical (unpaired) electrons. The SMILES string of the molecule is CC(=O)O.COc1cc(OCCCF)cc(C(Nc2ccc(C(=N)N)cc2)c2nn(-c3ncccn3)c(=O)[nH]2)c1. The molecule has 210 valence electrons. The molecule has 2 aromatic heterocycles. The lowest BCUT2D eigenvalue weighted by molar-refractivity contribution is -0.134. The second-order valence-electron chi connectivity index (χ2n) is 8.20.